The van der Waals surface area contributed by atoms with Crippen LogP contribution in [0.25, 0.3) is 77.3 Å². The predicted molar refractivity (Wildman–Crippen MR) is 545 cm³/mol. The molecule has 1 aliphatic rings. The van der Waals surface area contributed by atoms with E-state index in [1.807, 2.05) is 121 Å². The van der Waals surface area contributed by atoms with Crippen LogP contribution in [0.1, 0.15) is 143 Å². The van der Waals surface area contributed by atoms with E-state index < -0.39 is 58.8 Å². The molecule has 1 amide bonds. The molecule has 0 saturated carbocycles. The summed E-state index contributed by atoms with van der Waals surface area (Å²) in [6.45, 7) is 22.9. The molecule has 28 nitrogen and oxygen atoms in total. The number of hydrogen-bond donors (Lipinski definition) is 4. The number of carbonyl (C=O) groups excluding carboxylic acids is 4. The number of benzene rings is 8. The first-order chi connectivity index (χ1) is 68.7. The van der Waals surface area contributed by atoms with Gasteiger partial charge in [-0.1, -0.05) is 55.5 Å². The number of carboxylic acids is 1. The normalized spacial score (nSPS) is 12.1. The number of para-hydroxylation sites is 4. The number of esters is 3. The minimum atomic E-state index is -1.05. The largest absolute Gasteiger partial charge is 1.00 e. The summed E-state index contributed by atoms with van der Waals surface area (Å²) < 4.78 is 136. The van der Waals surface area contributed by atoms with Crippen LogP contribution >= 0.6 is 28.3 Å². The van der Waals surface area contributed by atoms with Crippen molar-refractivity contribution < 1.29 is 136 Å². The third-order valence-electron chi connectivity index (χ3n) is 22.7. The number of ether oxygens (including phenoxy) is 8. The molecule has 16 aromatic rings. The second-order valence-electron chi connectivity index (χ2n) is 34.8. The standard InChI is InChI=1S/C30H31FN2O6.C25H23FN2O4.C23H19FN2O4.C19H16BrFO4.C13H20BNO2.ClH.Li.H2O/c1-5-36-26(34)16-21-7-6-8-25(31)28(21)38-18-19-13-22-10-12-37-27(22)24(14-19)20-9-11-32-23(15-20)17-33-29(35)39-30(2,3)4;1-2-30-23(29)13-18-4-3-5-22(26)25(18)32-15-16-10-19-7-9-31-24(19)21(11-16)17-6-8-28-20(12-17)14-27;24-20-3-1-2-16(11-21(27)28)23(20)30-13-14-8-17-5-7-29-22(17)19(9-14)15-4-6-26-18(10-15)12-25;1-2-23-17(22)10-13-4-3-5-16(21)19(13)25-11-12-8-14-6-7-24-18(14)15(20)9-12;1-6-11-9-10(7-8-15-11)14-16-12(2,3)13(4,5)17-14;;;/h6-15H,5,16-18H2,1-4H3,(H,33,35);3-12H,2,13-15,27H2,1H3;1-10H,11-13,25H2,(H,27,28);3-9H,2,10-11H2,1H3;7-9H,6H2,1-5H3;1H;;1H2/q;;;;;;+1;/p-1. The Kier molecular flexibility index (Phi) is 41.4. The quantitative estimate of drug-likeness (QED) is 0.0132. The number of nitrogens with one attached hydrogen (secondary N) is 1. The number of carboxylic acid groups (broad SMARTS) is 1. The molecule has 7 N–H and O–H groups in total. The number of furan rings is 4. The SMILES string of the molecule is CCOC(=O)Cc1cccc(F)c1OCc1cc(-c2ccnc(CN)c2)c2occc2c1.CCOC(=O)Cc1cccc(F)c1OCc1cc(-c2ccnc(CNC(=O)OC(C)(C)C)c2)c2occc2c1.CCOC(=O)Cc1cccc(F)c1OCc1cc(Br)c2occc2c1.CCc1cc(B2OC(C)(C)C(C)(C)O2)ccn1.Cl.NCc1cc(-c2cc(COc3c(F)cccc3CC(=O)O)cc3ccoc23)ccn1.[Li+].[OH-]. The van der Waals surface area contributed by atoms with Gasteiger partial charge in [-0.3, -0.25) is 39.1 Å². The number of rotatable bonds is 32. The topological polar surface area (TPSA) is 396 Å². The zero-order valence-corrected chi connectivity index (χ0v) is 85.1. The smallest absolute Gasteiger partial charge is 0.870 e. The van der Waals surface area contributed by atoms with Crippen LogP contribution in [0, 0.1) is 23.3 Å². The fourth-order valence-corrected chi connectivity index (χ4v) is 16.0. The van der Waals surface area contributed by atoms with Gasteiger partial charge in [-0.05, 0) is 282 Å². The van der Waals surface area contributed by atoms with Gasteiger partial charge >= 0.3 is 55.9 Å². The minimum Gasteiger partial charge on any atom is -0.870 e. The summed E-state index contributed by atoms with van der Waals surface area (Å²) in [6.07, 6.45) is 13.2. The Labute approximate surface area is 868 Å². The number of amides is 1. The maximum Gasteiger partial charge on any atom is 1.00 e. The first-order valence-corrected chi connectivity index (χ1v) is 47.0. The van der Waals surface area contributed by atoms with E-state index in [1.165, 1.54) is 36.4 Å². The molecule has 1 aliphatic heterocycles. The van der Waals surface area contributed by atoms with Gasteiger partial charge < -0.3 is 92.2 Å². The Morgan fingerprint density at radius 3 is 1.10 bits per heavy atom. The van der Waals surface area contributed by atoms with Crippen LogP contribution in [0.3, 0.4) is 0 Å². The summed E-state index contributed by atoms with van der Waals surface area (Å²) in [4.78, 5) is 75.8. The number of pyridine rings is 4. The van der Waals surface area contributed by atoms with E-state index >= 15 is 0 Å². The summed E-state index contributed by atoms with van der Waals surface area (Å²) in [7, 11) is -0.284. The molecule has 0 bridgehead atoms. The fourth-order valence-electron chi connectivity index (χ4n) is 15.4. The molecular weight excluding hydrogens is 1960 g/mol. The van der Waals surface area contributed by atoms with Crippen LogP contribution in [0.4, 0.5) is 22.4 Å². The monoisotopic (exact) mass is 2070 g/mol. The fraction of sp³-hybridized carbons (Fsp3) is 0.264. The third-order valence-corrected chi connectivity index (χ3v) is 23.3. The predicted octanol–water partition coefficient (Wildman–Crippen LogP) is 19.6. The van der Waals surface area contributed by atoms with E-state index in [2.05, 4.69) is 81.9 Å². The Bertz CT molecular complexity index is 7160. The van der Waals surface area contributed by atoms with Gasteiger partial charge in [0.15, 0.2) is 46.3 Å². The van der Waals surface area contributed by atoms with E-state index in [0.717, 1.165) is 122 Å². The second-order valence-corrected chi connectivity index (χ2v) is 35.7. The molecule has 758 valence electrons. The third kappa shape index (κ3) is 30.5. The molecule has 8 aromatic heterocycles. The zero-order valence-electron chi connectivity index (χ0n) is 82.7. The number of nitrogens with two attached hydrogens (primary N) is 2. The van der Waals surface area contributed by atoms with Crippen molar-refractivity contribution in [3.8, 4) is 56.4 Å². The number of halogens is 6. The summed E-state index contributed by atoms with van der Waals surface area (Å²) in [5.74, 6) is -4.48. The zero-order chi connectivity index (χ0) is 102. The molecule has 0 spiro atoms. The number of aromatic nitrogens is 4. The van der Waals surface area contributed by atoms with E-state index in [-0.39, 0.29) is 162 Å². The molecule has 8 aromatic carbocycles. The summed E-state index contributed by atoms with van der Waals surface area (Å²) in [5, 5.41) is 15.3. The van der Waals surface area contributed by atoms with E-state index in [4.69, 9.17) is 81.4 Å². The van der Waals surface area contributed by atoms with Crippen LogP contribution < -0.4 is 60.1 Å². The number of aliphatic carboxylic acids is 1. The number of fused-ring (bicyclic) bond motifs is 4. The Morgan fingerprint density at radius 2 is 0.753 bits per heavy atom. The van der Waals surface area contributed by atoms with Crippen molar-refractivity contribution in [2.45, 2.75) is 171 Å². The Hall–Kier alpha value is -14.2. The van der Waals surface area contributed by atoms with Gasteiger partial charge in [0.1, 0.15) is 54.4 Å². The first-order valence-electron chi connectivity index (χ1n) is 46.2. The molecule has 1 saturated heterocycles. The number of carbonyl (C=O) groups is 5. The summed E-state index contributed by atoms with van der Waals surface area (Å²) in [5.41, 5.74) is 27.4. The van der Waals surface area contributed by atoms with Crippen molar-refractivity contribution in [3.05, 3.63) is 339 Å². The molecule has 0 unspecified atom stereocenters. The Balaban J connectivity index is 0.000000190. The van der Waals surface area contributed by atoms with Crippen LogP contribution in [0.15, 0.2) is 266 Å². The maximum absolute atomic E-state index is 14.7. The van der Waals surface area contributed by atoms with Gasteiger partial charge in [0.25, 0.3) is 0 Å². The maximum atomic E-state index is 14.7. The number of alkyl carbamates (subject to hydrolysis) is 1. The summed E-state index contributed by atoms with van der Waals surface area (Å²) >= 11 is 3.45. The molecule has 1 fully saturated rings. The van der Waals surface area contributed by atoms with Gasteiger partial charge in [-0.25, -0.2) is 22.4 Å². The average molecular weight is 2080 g/mol. The molecular formula is C110H111BBrClF4LiN7O21. The molecule has 36 heteroatoms. The van der Waals surface area contributed by atoms with Crippen LogP contribution in [-0.2, 0) is 126 Å². The van der Waals surface area contributed by atoms with Gasteiger partial charge in [0.2, 0.25) is 0 Å². The van der Waals surface area contributed by atoms with Gasteiger partial charge in [0.05, 0.1) is 110 Å². The van der Waals surface area contributed by atoms with Crippen molar-refractivity contribution in [2.75, 3.05) is 19.8 Å². The van der Waals surface area contributed by atoms with Crippen molar-refractivity contribution in [3.63, 3.8) is 0 Å². The molecule has 9 heterocycles. The number of hydrogen-bond acceptors (Lipinski definition) is 26. The number of nitrogens with zero attached hydrogens (tertiary/aromatic N) is 4. The van der Waals surface area contributed by atoms with Crippen LogP contribution in [-0.4, -0.2) is 104 Å². The second kappa shape index (κ2) is 53.1. The number of aryl methyl sites for hydroxylation is 1. The Morgan fingerprint density at radius 1 is 0.432 bits per heavy atom. The molecule has 17 rings (SSSR count). The minimum absolute atomic E-state index is 0. The van der Waals surface area contributed by atoms with E-state index in [9.17, 15) is 41.5 Å². The van der Waals surface area contributed by atoms with Crippen LogP contribution in [0.2, 0.25) is 0 Å². The molecule has 0 radical (unpaired) electrons. The molecule has 146 heavy (non-hydrogen) atoms. The van der Waals surface area contributed by atoms with Crippen molar-refractivity contribution >= 4 is 115 Å². The first kappa shape index (κ1) is 114. The van der Waals surface area contributed by atoms with Crippen molar-refractivity contribution in [1.82, 2.24) is 25.3 Å². The van der Waals surface area contributed by atoms with Crippen molar-refractivity contribution in [2.24, 2.45) is 11.5 Å². The van der Waals surface area contributed by atoms with E-state index in [1.54, 1.807) is 122 Å². The molecule has 0 aliphatic carbocycles. The van der Waals surface area contributed by atoms with Gasteiger partial charge in [-0.15, -0.1) is 12.4 Å². The van der Waals surface area contributed by atoms with E-state index in [0.29, 0.717) is 46.6 Å². The van der Waals surface area contributed by atoms with Crippen LogP contribution in [0.5, 0.6) is 23.0 Å². The molecule has 0 atom stereocenters. The average Bonchev–Trinajstić information content (AvgIpc) is 1.62. The van der Waals surface area contributed by atoms with Gasteiger partial charge in [0, 0.05) is 104 Å². The van der Waals surface area contributed by atoms with Gasteiger partial charge in [-0.2, -0.15) is 0 Å². The van der Waals surface area contributed by atoms with Crippen molar-refractivity contribution in [1.29, 1.82) is 0 Å². The summed E-state index contributed by atoms with van der Waals surface area (Å²) in [6, 6.07) is 55.6.